The summed E-state index contributed by atoms with van der Waals surface area (Å²) in [6.07, 6.45) is 9.29. The Hall–Kier alpha value is -2.44. The third kappa shape index (κ3) is 3.01. The Balaban J connectivity index is 1.86. The lowest BCUT2D eigenvalue weighted by Gasteiger charge is -2.21. The van der Waals surface area contributed by atoms with Gasteiger partial charge >= 0.3 is 5.97 Å². The minimum absolute atomic E-state index is 0.00457. The normalized spacial score (nSPS) is 15.7. The van der Waals surface area contributed by atoms with Gasteiger partial charge in [-0.15, -0.1) is 0 Å². The first-order valence-electron chi connectivity index (χ1n) is 7.09. The maximum Gasteiger partial charge on any atom is 0.356 e. The summed E-state index contributed by atoms with van der Waals surface area (Å²) in [5.74, 6) is 0.465. The topological polar surface area (TPSA) is 84.1 Å². The standard InChI is InChI=1S/C14H17N5O2/c20-14(21)11-8-19(10-17-11)13-7-12(15-9-16-13)18-5-3-1-2-4-6-18/h7-10H,1-6H2,(H,20,21). The number of imidazole rings is 1. The van der Waals surface area contributed by atoms with Crippen molar-refractivity contribution in [1.29, 1.82) is 0 Å². The molecule has 7 heteroatoms. The zero-order valence-electron chi connectivity index (χ0n) is 11.6. The maximum atomic E-state index is 10.9. The van der Waals surface area contributed by atoms with Crippen LogP contribution < -0.4 is 4.90 Å². The van der Waals surface area contributed by atoms with E-state index in [1.54, 1.807) is 4.57 Å². The van der Waals surface area contributed by atoms with E-state index in [0.29, 0.717) is 5.82 Å². The molecule has 0 aromatic carbocycles. The van der Waals surface area contributed by atoms with Crippen LogP contribution in [0.15, 0.2) is 24.9 Å². The third-order valence-corrected chi connectivity index (χ3v) is 3.63. The predicted molar refractivity (Wildman–Crippen MR) is 76.8 cm³/mol. The van der Waals surface area contributed by atoms with Crippen molar-refractivity contribution in [3.05, 3.63) is 30.6 Å². The molecule has 0 spiro atoms. The monoisotopic (exact) mass is 287 g/mol. The number of carbonyl (C=O) groups is 1. The quantitative estimate of drug-likeness (QED) is 0.925. The smallest absolute Gasteiger partial charge is 0.356 e. The van der Waals surface area contributed by atoms with Crippen LogP contribution in [0.2, 0.25) is 0 Å². The highest BCUT2D eigenvalue weighted by atomic mass is 16.4. The summed E-state index contributed by atoms with van der Waals surface area (Å²) in [7, 11) is 0. The van der Waals surface area contributed by atoms with E-state index in [9.17, 15) is 4.79 Å². The molecule has 0 bridgehead atoms. The second kappa shape index (κ2) is 5.90. The summed E-state index contributed by atoms with van der Waals surface area (Å²) < 4.78 is 1.60. The molecule has 0 radical (unpaired) electrons. The SMILES string of the molecule is O=C(O)c1cn(-c2cc(N3CCCCCC3)ncn2)cn1. The van der Waals surface area contributed by atoms with Gasteiger partial charge in [-0.05, 0) is 12.8 Å². The van der Waals surface area contributed by atoms with E-state index in [2.05, 4.69) is 19.9 Å². The molecular formula is C14H17N5O2. The molecule has 0 amide bonds. The number of anilines is 1. The summed E-state index contributed by atoms with van der Waals surface area (Å²) in [5.41, 5.74) is 0.00457. The van der Waals surface area contributed by atoms with Gasteiger partial charge in [-0.3, -0.25) is 4.57 Å². The van der Waals surface area contributed by atoms with Crippen molar-refractivity contribution in [3.8, 4) is 5.82 Å². The number of hydrogen-bond acceptors (Lipinski definition) is 5. The zero-order chi connectivity index (χ0) is 14.7. The second-order valence-electron chi connectivity index (χ2n) is 5.11. The number of carboxylic acids is 1. The van der Waals surface area contributed by atoms with Gasteiger partial charge in [0.2, 0.25) is 0 Å². The average molecular weight is 287 g/mol. The first kappa shape index (κ1) is 13.5. The fraction of sp³-hybridized carbons (Fsp3) is 0.429. The number of hydrogen-bond donors (Lipinski definition) is 1. The van der Waals surface area contributed by atoms with Crippen LogP contribution in [0.5, 0.6) is 0 Å². The molecular weight excluding hydrogens is 270 g/mol. The molecule has 1 fully saturated rings. The summed E-state index contributed by atoms with van der Waals surface area (Å²) in [6, 6.07) is 1.87. The number of carboxylic acid groups (broad SMARTS) is 1. The highest BCUT2D eigenvalue weighted by Gasteiger charge is 2.13. The van der Waals surface area contributed by atoms with E-state index >= 15 is 0 Å². The molecule has 0 aliphatic carbocycles. The molecule has 1 aliphatic heterocycles. The van der Waals surface area contributed by atoms with Crippen molar-refractivity contribution in [1.82, 2.24) is 19.5 Å². The third-order valence-electron chi connectivity index (χ3n) is 3.63. The Morgan fingerprint density at radius 3 is 2.43 bits per heavy atom. The molecule has 1 saturated heterocycles. The maximum absolute atomic E-state index is 10.9. The van der Waals surface area contributed by atoms with Crippen LogP contribution in [0, 0.1) is 0 Å². The van der Waals surface area contributed by atoms with Gasteiger partial charge in [0.1, 0.15) is 24.3 Å². The fourth-order valence-corrected chi connectivity index (χ4v) is 2.51. The van der Waals surface area contributed by atoms with Crippen LogP contribution in [0.25, 0.3) is 5.82 Å². The lowest BCUT2D eigenvalue weighted by atomic mass is 10.2. The highest BCUT2D eigenvalue weighted by molar-refractivity contribution is 5.85. The van der Waals surface area contributed by atoms with Crippen LogP contribution in [0.4, 0.5) is 5.82 Å². The molecule has 0 unspecified atom stereocenters. The molecule has 2 aromatic heterocycles. The van der Waals surface area contributed by atoms with Crippen molar-refractivity contribution in [3.63, 3.8) is 0 Å². The van der Waals surface area contributed by atoms with Gasteiger partial charge < -0.3 is 10.0 Å². The Morgan fingerprint density at radius 1 is 1.05 bits per heavy atom. The van der Waals surface area contributed by atoms with Crippen molar-refractivity contribution in [2.75, 3.05) is 18.0 Å². The minimum Gasteiger partial charge on any atom is -0.476 e. The Bertz CT molecular complexity index is 632. The molecule has 0 saturated carbocycles. The summed E-state index contributed by atoms with van der Waals surface area (Å²) in [4.78, 5) is 25.5. The van der Waals surface area contributed by atoms with Crippen LogP contribution >= 0.6 is 0 Å². The van der Waals surface area contributed by atoms with Crippen LogP contribution in [-0.2, 0) is 0 Å². The lowest BCUT2D eigenvalue weighted by molar-refractivity contribution is 0.0691. The van der Waals surface area contributed by atoms with Gasteiger partial charge in [0.25, 0.3) is 0 Å². The van der Waals surface area contributed by atoms with E-state index < -0.39 is 5.97 Å². The van der Waals surface area contributed by atoms with Crippen molar-refractivity contribution < 1.29 is 9.90 Å². The molecule has 2 aromatic rings. The van der Waals surface area contributed by atoms with Gasteiger partial charge in [0.05, 0.1) is 0 Å². The second-order valence-corrected chi connectivity index (χ2v) is 5.11. The van der Waals surface area contributed by atoms with E-state index in [0.717, 1.165) is 18.9 Å². The zero-order valence-corrected chi connectivity index (χ0v) is 11.6. The number of aromatic carboxylic acids is 1. The predicted octanol–water partition coefficient (Wildman–Crippen LogP) is 1.74. The molecule has 7 nitrogen and oxygen atoms in total. The fourth-order valence-electron chi connectivity index (χ4n) is 2.51. The molecule has 1 N–H and O–H groups in total. The molecule has 21 heavy (non-hydrogen) atoms. The van der Waals surface area contributed by atoms with E-state index in [4.69, 9.17) is 5.11 Å². The van der Waals surface area contributed by atoms with E-state index in [1.807, 2.05) is 6.07 Å². The first-order valence-corrected chi connectivity index (χ1v) is 7.09. The number of aromatic nitrogens is 4. The first-order chi connectivity index (χ1) is 10.2. The van der Waals surface area contributed by atoms with E-state index in [-0.39, 0.29) is 5.69 Å². The average Bonchev–Trinajstić information content (AvgIpc) is 2.84. The van der Waals surface area contributed by atoms with Gasteiger partial charge in [-0.2, -0.15) is 0 Å². The van der Waals surface area contributed by atoms with Crippen molar-refractivity contribution in [2.24, 2.45) is 0 Å². The number of nitrogens with zero attached hydrogens (tertiary/aromatic N) is 5. The van der Waals surface area contributed by atoms with Crippen LogP contribution in [0.1, 0.15) is 36.2 Å². The van der Waals surface area contributed by atoms with Crippen molar-refractivity contribution >= 4 is 11.8 Å². The van der Waals surface area contributed by atoms with Gasteiger partial charge in [-0.1, -0.05) is 12.8 Å². The van der Waals surface area contributed by atoms with Crippen molar-refractivity contribution in [2.45, 2.75) is 25.7 Å². The molecule has 110 valence electrons. The van der Waals surface area contributed by atoms with Crippen LogP contribution in [0.3, 0.4) is 0 Å². The molecule has 3 heterocycles. The Kier molecular flexibility index (Phi) is 3.81. The molecule has 0 atom stereocenters. The summed E-state index contributed by atoms with van der Waals surface area (Å²) in [6.45, 7) is 2.00. The lowest BCUT2D eigenvalue weighted by Crippen LogP contribution is -2.25. The molecule has 3 rings (SSSR count). The van der Waals surface area contributed by atoms with E-state index in [1.165, 1.54) is 44.5 Å². The van der Waals surface area contributed by atoms with Crippen LogP contribution in [-0.4, -0.2) is 43.7 Å². The summed E-state index contributed by atoms with van der Waals surface area (Å²) in [5, 5.41) is 8.92. The van der Waals surface area contributed by atoms with Gasteiger partial charge in [-0.25, -0.2) is 19.7 Å². The number of rotatable bonds is 3. The Morgan fingerprint density at radius 2 is 1.76 bits per heavy atom. The van der Waals surface area contributed by atoms with Gasteiger partial charge in [0, 0.05) is 25.4 Å². The Labute approximate surface area is 122 Å². The molecule has 1 aliphatic rings. The largest absolute Gasteiger partial charge is 0.476 e. The highest BCUT2D eigenvalue weighted by Crippen LogP contribution is 2.18. The minimum atomic E-state index is -1.05. The van der Waals surface area contributed by atoms with Gasteiger partial charge in [0.15, 0.2) is 5.69 Å². The summed E-state index contributed by atoms with van der Waals surface area (Å²) >= 11 is 0.